The van der Waals surface area contributed by atoms with Crippen molar-refractivity contribution in [2.75, 3.05) is 22.6 Å². The van der Waals surface area contributed by atoms with Gasteiger partial charge in [-0.3, -0.25) is 0 Å². The number of aromatic nitrogens is 3. The normalized spacial score (nSPS) is 11.1. The average molecular weight is 529 g/mol. The van der Waals surface area contributed by atoms with Gasteiger partial charge in [0.25, 0.3) is 0 Å². The number of nitrogen functional groups attached to an aromatic ring is 1. The van der Waals surface area contributed by atoms with Crippen LogP contribution in [-0.4, -0.2) is 35.7 Å². The van der Waals surface area contributed by atoms with Crippen molar-refractivity contribution in [3.8, 4) is 22.9 Å². The Morgan fingerprint density at radius 1 is 1.00 bits per heavy atom. The Morgan fingerprint density at radius 2 is 1.69 bits per heavy atom. The molecular weight excluding hydrogens is 511 g/mol. The van der Waals surface area contributed by atoms with Gasteiger partial charge in [-0.15, -0.1) is 0 Å². The van der Waals surface area contributed by atoms with Crippen LogP contribution in [0.4, 0.5) is 26.4 Å². The number of nitrogens with zero attached hydrogens (tertiary/aromatic N) is 3. The number of amides is 2. The SMILES string of the molecule is CS(=O)(=O)c1ccc(F)cc1NC(=O)Nc1cnc(Oc2ccc(-c3cc(Cl)cnc3N)cc2)nc1. The fourth-order valence-corrected chi connectivity index (χ4v) is 4.11. The zero-order valence-electron chi connectivity index (χ0n) is 18.6. The first-order valence-electron chi connectivity index (χ1n) is 10.2. The number of nitrogens with one attached hydrogen (secondary N) is 2. The molecule has 0 saturated carbocycles. The number of benzene rings is 2. The number of halogens is 2. The van der Waals surface area contributed by atoms with Gasteiger partial charge in [0.05, 0.1) is 33.7 Å². The van der Waals surface area contributed by atoms with E-state index in [4.69, 9.17) is 22.1 Å². The predicted octanol–water partition coefficient (Wildman–Crippen LogP) is 4.75. The molecule has 13 heteroatoms. The second-order valence-electron chi connectivity index (χ2n) is 7.46. The van der Waals surface area contributed by atoms with Crippen LogP contribution in [0.5, 0.6) is 11.8 Å². The maximum Gasteiger partial charge on any atom is 0.323 e. The standard InChI is InChI=1S/C23H18ClFN6O4S/c1-36(33,34)20-7-4-15(25)9-19(20)31-22(32)30-16-11-28-23(29-12-16)35-17-5-2-13(3-6-17)18-8-14(24)10-27-21(18)26/h2-12H,1H3,(H2,26,27)(H2,30,31,32). The van der Waals surface area contributed by atoms with Gasteiger partial charge in [-0.25, -0.2) is 32.6 Å². The highest BCUT2D eigenvalue weighted by Crippen LogP contribution is 2.29. The molecule has 4 aromatic rings. The van der Waals surface area contributed by atoms with E-state index in [0.717, 1.165) is 30.0 Å². The van der Waals surface area contributed by atoms with Crippen LogP contribution >= 0.6 is 11.6 Å². The van der Waals surface area contributed by atoms with Crippen LogP contribution < -0.4 is 21.1 Å². The molecule has 36 heavy (non-hydrogen) atoms. The largest absolute Gasteiger partial charge is 0.424 e. The summed E-state index contributed by atoms with van der Waals surface area (Å²) in [5.41, 5.74) is 7.37. The Bertz CT molecular complexity index is 1530. The molecule has 0 fully saturated rings. The molecule has 2 aromatic carbocycles. The van der Waals surface area contributed by atoms with E-state index in [1.807, 2.05) is 0 Å². The summed E-state index contributed by atoms with van der Waals surface area (Å²) in [4.78, 5) is 24.2. The maximum atomic E-state index is 13.6. The van der Waals surface area contributed by atoms with Crippen LogP contribution in [0.25, 0.3) is 11.1 Å². The number of rotatable bonds is 6. The average Bonchev–Trinajstić information content (AvgIpc) is 2.82. The summed E-state index contributed by atoms with van der Waals surface area (Å²) < 4.78 is 42.9. The van der Waals surface area contributed by atoms with E-state index < -0.39 is 21.7 Å². The molecule has 4 N–H and O–H groups in total. The van der Waals surface area contributed by atoms with Crippen LogP contribution in [0, 0.1) is 5.82 Å². The van der Waals surface area contributed by atoms with Crippen molar-refractivity contribution in [1.29, 1.82) is 0 Å². The van der Waals surface area contributed by atoms with E-state index in [9.17, 15) is 17.6 Å². The molecule has 0 saturated heterocycles. The molecular formula is C23H18ClFN6O4S. The first-order chi connectivity index (χ1) is 17.1. The molecule has 0 aliphatic carbocycles. The third-order valence-corrected chi connectivity index (χ3v) is 6.10. The van der Waals surface area contributed by atoms with Crippen molar-refractivity contribution < 1.29 is 22.3 Å². The van der Waals surface area contributed by atoms with Crippen LogP contribution in [0.1, 0.15) is 0 Å². The predicted molar refractivity (Wildman–Crippen MR) is 133 cm³/mol. The molecule has 2 heterocycles. The first kappa shape index (κ1) is 24.8. The number of carbonyl (C=O) groups excluding carboxylic acids is 1. The number of carbonyl (C=O) groups is 1. The Morgan fingerprint density at radius 3 is 2.36 bits per heavy atom. The first-order valence-corrected chi connectivity index (χ1v) is 12.4. The van der Waals surface area contributed by atoms with Crippen LogP contribution in [0.3, 0.4) is 0 Å². The van der Waals surface area contributed by atoms with E-state index in [-0.39, 0.29) is 22.3 Å². The Labute approximate surface area is 210 Å². The number of urea groups is 1. The fraction of sp³-hybridized carbons (Fsp3) is 0.0435. The van der Waals surface area contributed by atoms with Gasteiger partial charge in [-0.1, -0.05) is 23.7 Å². The van der Waals surface area contributed by atoms with E-state index in [2.05, 4.69) is 25.6 Å². The Hall–Kier alpha value is -4.29. The topological polar surface area (TPSA) is 149 Å². The zero-order valence-corrected chi connectivity index (χ0v) is 20.1. The van der Waals surface area contributed by atoms with Crippen LogP contribution in [0.2, 0.25) is 5.02 Å². The fourth-order valence-electron chi connectivity index (χ4n) is 3.13. The van der Waals surface area contributed by atoms with E-state index in [0.29, 0.717) is 22.2 Å². The minimum atomic E-state index is -3.69. The van der Waals surface area contributed by atoms with Crippen molar-refractivity contribution in [1.82, 2.24) is 15.0 Å². The number of ether oxygens (including phenoxy) is 1. The van der Waals surface area contributed by atoms with E-state index in [1.165, 1.54) is 18.6 Å². The lowest BCUT2D eigenvalue weighted by Crippen LogP contribution is -2.21. The quantitative estimate of drug-likeness (QED) is 0.303. The molecule has 0 unspecified atom stereocenters. The van der Waals surface area contributed by atoms with Gasteiger partial charge in [0, 0.05) is 18.0 Å². The van der Waals surface area contributed by atoms with Crippen molar-refractivity contribution in [2.24, 2.45) is 0 Å². The summed E-state index contributed by atoms with van der Waals surface area (Å²) in [6.07, 6.45) is 4.99. The third kappa shape index (κ3) is 6.03. The lowest BCUT2D eigenvalue weighted by molar-refractivity contribution is 0.262. The summed E-state index contributed by atoms with van der Waals surface area (Å²) in [5, 5.41) is 5.21. The monoisotopic (exact) mass is 528 g/mol. The van der Waals surface area contributed by atoms with E-state index in [1.54, 1.807) is 30.3 Å². The van der Waals surface area contributed by atoms with Gasteiger partial charge in [0.1, 0.15) is 17.4 Å². The highest BCUT2D eigenvalue weighted by Gasteiger charge is 2.16. The molecule has 0 atom stereocenters. The number of hydrogen-bond acceptors (Lipinski definition) is 8. The Kier molecular flexibility index (Phi) is 6.99. The molecule has 0 bridgehead atoms. The maximum absolute atomic E-state index is 13.6. The van der Waals surface area contributed by atoms with Crippen molar-refractivity contribution in [3.05, 3.63) is 78.0 Å². The number of sulfone groups is 1. The summed E-state index contributed by atoms with van der Waals surface area (Å²) in [5.74, 6) is 0.0851. The molecule has 0 spiro atoms. The number of anilines is 3. The summed E-state index contributed by atoms with van der Waals surface area (Å²) in [7, 11) is -3.69. The highest BCUT2D eigenvalue weighted by atomic mass is 35.5. The second-order valence-corrected chi connectivity index (χ2v) is 9.88. The lowest BCUT2D eigenvalue weighted by Gasteiger charge is -2.11. The van der Waals surface area contributed by atoms with Crippen molar-refractivity contribution in [2.45, 2.75) is 4.90 Å². The Balaban J connectivity index is 1.40. The molecule has 0 aliphatic rings. The van der Waals surface area contributed by atoms with Gasteiger partial charge in [-0.05, 0) is 42.0 Å². The molecule has 10 nitrogen and oxygen atoms in total. The summed E-state index contributed by atoms with van der Waals surface area (Å²) >= 11 is 5.99. The van der Waals surface area contributed by atoms with Crippen LogP contribution in [0.15, 0.2) is 72.0 Å². The molecule has 2 aromatic heterocycles. The minimum absolute atomic E-state index is 0.0159. The zero-order chi connectivity index (χ0) is 25.9. The van der Waals surface area contributed by atoms with Gasteiger partial charge in [-0.2, -0.15) is 0 Å². The van der Waals surface area contributed by atoms with Crippen molar-refractivity contribution in [3.63, 3.8) is 0 Å². The minimum Gasteiger partial charge on any atom is -0.424 e. The molecule has 0 radical (unpaired) electrons. The lowest BCUT2D eigenvalue weighted by atomic mass is 10.1. The molecule has 184 valence electrons. The van der Waals surface area contributed by atoms with Crippen molar-refractivity contribution >= 4 is 44.7 Å². The number of nitrogens with two attached hydrogens (primary N) is 1. The smallest absolute Gasteiger partial charge is 0.323 e. The highest BCUT2D eigenvalue weighted by molar-refractivity contribution is 7.90. The van der Waals surface area contributed by atoms with Gasteiger partial charge in [0.15, 0.2) is 9.84 Å². The molecule has 4 rings (SSSR count). The number of hydrogen-bond donors (Lipinski definition) is 3. The summed E-state index contributed by atoms with van der Waals surface area (Å²) in [6, 6.07) is 10.8. The molecule has 0 aliphatic heterocycles. The molecule has 2 amide bonds. The van der Waals surface area contributed by atoms with Gasteiger partial charge >= 0.3 is 12.0 Å². The third-order valence-electron chi connectivity index (χ3n) is 4.73. The number of pyridine rings is 1. The van der Waals surface area contributed by atoms with E-state index >= 15 is 0 Å². The van der Waals surface area contributed by atoms with Crippen LogP contribution in [-0.2, 0) is 9.84 Å². The summed E-state index contributed by atoms with van der Waals surface area (Å²) in [6.45, 7) is 0. The van der Waals surface area contributed by atoms with Gasteiger partial charge in [0.2, 0.25) is 0 Å². The second kappa shape index (κ2) is 10.1. The van der Waals surface area contributed by atoms with Gasteiger partial charge < -0.3 is 21.1 Å².